The predicted molar refractivity (Wildman–Crippen MR) is 113 cm³/mol. The summed E-state index contributed by atoms with van der Waals surface area (Å²) < 4.78 is 90.9. The van der Waals surface area contributed by atoms with Crippen molar-refractivity contribution in [2.45, 2.75) is 45.2 Å². The molecule has 0 aromatic heterocycles. The Morgan fingerprint density at radius 2 is 1.46 bits per heavy atom. The summed E-state index contributed by atoms with van der Waals surface area (Å²) >= 11 is 0. The average molecular weight is 502 g/mol. The van der Waals surface area contributed by atoms with Crippen molar-refractivity contribution in [3.63, 3.8) is 0 Å². The summed E-state index contributed by atoms with van der Waals surface area (Å²) in [6.45, 7) is 2.55. The van der Waals surface area contributed by atoms with Crippen LogP contribution in [0.2, 0.25) is 0 Å². The van der Waals surface area contributed by atoms with E-state index in [1.165, 1.54) is 4.90 Å². The van der Waals surface area contributed by atoms with Gasteiger partial charge in [0.25, 0.3) is 0 Å². The summed E-state index contributed by atoms with van der Waals surface area (Å²) in [6.07, 6.45) is -8.94. The first kappa shape index (κ1) is 25.2. The maximum absolute atomic E-state index is 13.6. The second kappa shape index (κ2) is 9.25. The fraction of sp³-hybridized carbons (Fsp3) is 0.458. The number of amides is 1. The third-order valence-electron chi connectivity index (χ3n) is 6.34. The van der Waals surface area contributed by atoms with Crippen LogP contribution < -0.4 is 14.8 Å². The molecule has 5 nitrogen and oxygen atoms in total. The molecular weight excluding hydrogens is 478 g/mol. The molecular formula is C24H24F6N2O3. The second-order valence-electron chi connectivity index (χ2n) is 9.07. The van der Waals surface area contributed by atoms with Gasteiger partial charge in [0.1, 0.15) is 0 Å². The van der Waals surface area contributed by atoms with Crippen LogP contribution in [0.15, 0.2) is 36.4 Å². The number of nitrogens with one attached hydrogen (secondary N) is 1. The molecule has 1 fully saturated rings. The first-order chi connectivity index (χ1) is 16.3. The molecule has 2 aliphatic heterocycles. The van der Waals surface area contributed by atoms with E-state index < -0.39 is 35.4 Å². The number of halogens is 6. The molecule has 1 N–H and O–H groups in total. The van der Waals surface area contributed by atoms with Gasteiger partial charge in [-0.25, -0.2) is 0 Å². The van der Waals surface area contributed by atoms with Gasteiger partial charge in [-0.15, -0.1) is 0 Å². The van der Waals surface area contributed by atoms with Gasteiger partial charge in [0.15, 0.2) is 11.5 Å². The van der Waals surface area contributed by atoms with Gasteiger partial charge < -0.3 is 19.7 Å². The Labute approximate surface area is 198 Å². The van der Waals surface area contributed by atoms with E-state index in [1.807, 2.05) is 0 Å². The zero-order valence-corrected chi connectivity index (χ0v) is 18.9. The quantitative estimate of drug-likeness (QED) is 0.559. The van der Waals surface area contributed by atoms with E-state index in [0.717, 1.165) is 0 Å². The van der Waals surface area contributed by atoms with Crippen LogP contribution >= 0.6 is 0 Å². The zero-order chi connectivity index (χ0) is 25.4. The second-order valence-corrected chi connectivity index (χ2v) is 9.07. The van der Waals surface area contributed by atoms with Crippen molar-refractivity contribution in [2.24, 2.45) is 5.41 Å². The van der Waals surface area contributed by atoms with Crippen molar-refractivity contribution >= 4 is 5.91 Å². The number of fused-ring (bicyclic) bond motifs is 1. The van der Waals surface area contributed by atoms with E-state index in [9.17, 15) is 31.1 Å². The Hall–Kier alpha value is -2.95. The number of rotatable bonds is 5. The maximum atomic E-state index is 13.6. The van der Waals surface area contributed by atoms with Crippen LogP contribution in [-0.4, -0.2) is 30.7 Å². The molecule has 1 saturated heterocycles. The topological polar surface area (TPSA) is 50.8 Å². The van der Waals surface area contributed by atoms with Crippen molar-refractivity contribution < 1.29 is 40.6 Å². The summed E-state index contributed by atoms with van der Waals surface area (Å²) in [4.78, 5) is 14.9. The van der Waals surface area contributed by atoms with E-state index >= 15 is 0 Å². The minimum atomic E-state index is -4.97. The summed E-state index contributed by atoms with van der Waals surface area (Å²) in [5, 5.41) is 3.16. The molecule has 2 aromatic rings. The number of carbonyl (C=O) groups excluding carboxylic acids is 1. The minimum absolute atomic E-state index is 0.0178. The molecule has 11 heteroatoms. The Morgan fingerprint density at radius 3 is 2.06 bits per heavy atom. The van der Waals surface area contributed by atoms with Crippen molar-refractivity contribution in [2.75, 3.05) is 19.9 Å². The number of ether oxygens (including phenoxy) is 2. The molecule has 0 unspecified atom stereocenters. The molecule has 0 aliphatic carbocycles. The summed E-state index contributed by atoms with van der Waals surface area (Å²) in [5.74, 6) is 0.647. The third kappa shape index (κ3) is 5.66. The van der Waals surface area contributed by atoms with Crippen LogP contribution in [0.4, 0.5) is 26.3 Å². The van der Waals surface area contributed by atoms with Gasteiger partial charge in [-0.1, -0.05) is 13.0 Å². The highest BCUT2D eigenvalue weighted by Gasteiger charge is 2.40. The predicted octanol–water partition coefficient (Wildman–Crippen LogP) is 5.37. The third-order valence-corrected chi connectivity index (χ3v) is 6.34. The number of piperidine rings is 1. The van der Waals surface area contributed by atoms with Gasteiger partial charge in [0.2, 0.25) is 12.7 Å². The number of hydrogen-bond acceptors (Lipinski definition) is 4. The Kier molecular flexibility index (Phi) is 6.65. The molecule has 0 spiro atoms. The van der Waals surface area contributed by atoms with Crippen LogP contribution in [0.25, 0.3) is 0 Å². The number of carbonyl (C=O) groups is 1. The highest BCUT2D eigenvalue weighted by atomic mass is 19.4. The molecule has 0 bridgehead atoms. The molecule has 2 aromatic carbocycles. The normalized spacial score (nSPS) is 17.3. The van der Waals surface area contributed by atoms with E-state index in [4.69, 9.17) is 9.47 Å². The molecule has 0 saturated carbocycles. The number of benzene rings is 2. The van der Waals surface area contributed by atoms with Crippen LogP contribution in [0, 0.1) is 5.41 Å². The first-order valence-corrected chi connectivity index (χ1v) is 11.0. The van der Waals surface area contributed by atoms with Crippen molar-refractivity contribution in [3.05, 3.63) is 58.7 Å². The lowest BCUT2D eigenvalue weighted by Gasteiger charge is -2.37. The average Bonchev–Trinajstić information content (AvgIpc) is 3.25. The fourth-order valence-electron chi connectivity index (χ4n) is 4.36. The van der Waals surface area contributed by atoms with Gasteiger partial charge in [0, 0.05) is 18.5 Å². The number of nitrogens with zero attached hydrogens (tertiary/aromatic N) is 1. The van der Waals surface area contributed by atoms with Crippen molar-refractivity contribution in [3.8, 4) is 11.5 Å². The summed E-state index contributed by atoms with van der Waals surface area (Å²) in [7, 11) is 0. The lowest BCUT2D eigenvalue weighted by Crippen LogP contribution is -2.47. The molecule has 0 radical (unpaired) electrons. The van der Waals surface area contributed by atoms with Gasteiger partial charge in [-0.2, -0.15) is 26.3 Å². The first-order valence-electron chi connectivity index (χ1n) is 11.0. The molecule has 35 heavy (non-hydrogen) atoms. The molecule has 4 rings (SSSR count). The molecule has 190 valence electrons. The summed E-state index contributed by atoms with van der Waals surface area (Å²) in [5.41, 5.74) is -3.26. The highest BCUT2D eigenvalue weighted by molar-refractivity contribution is 5.82. The van der Waals surface area contributed by atoms with E-state index in [2.05, 4.69) is 5.32 Å². The molecule has 2 heterocycles. The Morgan fingerprint density at radius 1 is 0.886 bits per heavy atom. The summed E-state index contributed by atoms with van der Waals surface area (Å²) in [6, 6.07) is 6.41. The van der Waals surface area contributed by atoms with Crippen molar-refractivity contribution in [1.82, 2.24) is 10.2 Å². The van der Waals surface area contributed by atoms with Crippen LogP contribution in [0.3, 0.4) is 0 Å². The van der Waals surface area contributed by atoms with Gasteiger partial charge in [0.05, 0.1) is 11.1 Å². The Bertz CT molecular complexity index is 1060. The van der Waals surface area contributed by atoms with Crippen LogP contribution in [0.1, 0.15) is 42.0 Å². The molecule has 2 aliphatic rings. The highest BCUT2D eigenvalue weighted by Crippen LogP contribution is 2.38. The fourth-order valence-corrected chi connectivity index (χ4v) is 4.36. The lowest BCUT2D eigenvalue weighted by molar-refractivity contribution is -0.144. The maximum Gasteiger partial charge on any atom is 0.416 e. The molecule has 0 atom stereocenters. The zero-order valence-electron chi connectivity index (χ0n) is 18.9. The monoisotopic (exact) mass is 502 g/mol. The van der Waals surface area contributed by atoms with Gasteiger partial charge in [-0.05, 0) is 67.4 Å². The number of hydrogen-bond donors (Lipinski definition) is 1. The Balaban J connectivity index is 1.70. The van der Waals surface area contributed by atoms with Crippen LogP contribution in [-0.2, 0) is 30.2 Å². The van der Waals surface area contributed by atoms with E-state index in [1.54, 1.807) is 25.1 Å². The SMILES string of the molecule is CC1(C(=O)N(Cc2cc(C(F)(F)F)cc(C(F)(F)F)c2)Cc2ccc3c(c2)OCO3)CCNCC1. The minimum Gasteiger partial charge on any atom is -0.454 e. The van der Waals surface area contributed by atoms with E-state index in [-0.39, 0.29) is 30.9 Å². The standard InChI is InChI=1S/C24H24F6N2O3/c1-22(4-6-31-7-5-22)21(33)32(12-15-2-3-19-20(10-15)35-14-34-19)13-16-8-17(23(25,26)27)11-18(9-16)24(28,29)30/h2-3,8-11,31H,4-7,12-14H2,1H3. The van der Waals surface area contributed by atoms with Gasteiger partial charge >= 0.3 is 12.4 Å². The smallest absolute Gasteiger partial charge is 0.416 e. The van der Waals surface area contributed by atoms with Crippen molar-refractivity contribution in [1.29, 1.82) is 0 Å². The number of alkyl halides is 6. The van der Waals surface area contributed by atoms with Crippen LogP contribution in [0.5, 0.6) is 11.5 Å². The molecule has 1 amide bonds. The van der Waals surface area contributed by atoms with Gasteiger partial charge in [-0.3, -0.25) is 4.79 Å². The lowest BCUT2D eigenvalue weighted by atomic mass is 9.79. The van der Waals surface area contributed by atoms with E-state index in [0.29, 0.717) is 55.1 Å². The largest absolute Gasteiger partial charge is 0.454 e.